The molecule has 2 heterocycles. The Morgan fingerprint density at radius 1 is 1.14 bits per heavy atom. The van der Waals surface area contributed by atoms with Gasteiger partial charge in [0.2, 0.25) is 0 Å². The van der Waals surface area contributed by atoms with Gasteiger partial charge in [-0.25, -0.2) is 4.68 Å². The molecule has 28 heavy (non-hydrogen) atoms. The van der Waals surface area contributed by atoms with E-state index >= 15 is 0 Å². The fraction of sp³-hybridized carbons (Fsp3) is 0.190. The summed E-state index contributed by atoms with van der Waals surface area (Å²) in [5, 5.41) is 4.82. The first-order valence-corrected chi connectivity index (χ1v) is 9.66. The number of aromatic nitrogens is 3. The molecular formula is C21H19N3O3S. The molecule has 0 aliphatic rings. The van der Waals surface area contributed by atoms with Gasteiger partial charge < -0.3 is 4.74 Å². The van der Waals surface area contributed by atoms with Crippen LogP contribution in [0.2, 0.25) is 0 Å². The van der Waals surface area contributed by atoms with Crippen molar-refractivity contribution < 1.29 is 9.53 Å². The quantitative estimate of drug-likeness (QED) is 0.524. The van der Waals surface area contributed by atoms with Crippen molar-refractivity contribution in [3.63, 3.8) is 0 Å². The van der Waals surface area contributed by atoms with E-state index in [4.69, 9.17) is 4.74 Å². The Hall–Kier alpha value is -3.19. The van der Waals surface area contributed by atoms with Crippen LogP contribution in [0.25, 0.3) is 15.8 Å². The zero-order valence-corrected chi connectivity index (χ0v) is 16.6. The van der Waals surface area contributed by atoms with E-state index < -0.39 is 5.91 Å². The van der Waals surface area contributed by atoms with Gasteiger partial charge in [0.25, 0.3) is 11.5 Å². The number of nitrogens with zero attached hydrogens (tertiary/aromatic N) is 3. The molecule has 7 heteroatoms. The number of fused-ring (bicyclic) bond motifs is 1. The molecule has 0 aliphatic heterocycles. The third kappa shape index (κ3) is 2.93. The third-order valence-corrected chi connectivity index (χ3v) is 5.63. The minimum atomic E-state index is -0.402. The van der Waals surface area contributed by atoms with Gasteiger partial charge in [-0.2, -0.15) is 9.06 Å². The molecule has 2 aromatic heterocycles. The van der Waals surface area contributed by atoms with Crippen LogP contribution in [0.1, 0.15) is 35.8 Å². The summed E-state index contributed by atoms with van der Waals surface area (Å²) in [6, 6.07) is 14.6. The number of hydrogen-bond acceptors (Lipinski definition) is 5. The first kappa shape index (κ1) is 18.2. The van der Waals surface area contributed by atoms with Gasteiger partial charge in [0, 0.05) is 0 Å². The van der Waals surface area contributed by atoms with Crippen LogP contribution in [0.5, 0.6) is 5.75 Å². The number of carbonyl (C=O) groups excluding carboxylic acids is 1. The topological polar surface area (TPSA) is 66.1 Å². The van der Waals surface area contributed by atoms with Crippen LogP contribution in [-0.4, -0.2) is 26.8 Å². The molecule has 0 radical (unpaired) electrons. The Morgan fingerprint density at radius 2 is 1.89 bits per heavy atom. The number of para-hydroxylation sites is 1. The van der Waals surface area contributed by atoms with E-state index in [2.05, 4.69) is 5.10 Å². The van der Waals surface area contributed by atoms with E-state index in [1.807, 2.05) is 50.2 Å². The molecule has 0 aliphatic carbocycles. The first-order valence-electron chi connectivity index (χ1n) is 8.89. The van der Waals surface area contributed by atoms with Gasteiger partial charge >= 0.3 is 0 Å². The standard InChI is InChI=1S/C21H19N3O3S/c1-13(2)16-11-15(27-3)12-18-19(16)21(26)24(28-18)20(25)17-9-10-22-23(17)14-7-5-4-6-8-14/h4-13H,1-3H3. The van der Waals surface area contributed by atoms with E-state index in [9.17, 15) is 9.59 Å². The second kappa shape index (κ2) is 7.09. The summed E-state index contributed by atoms with van der Waals surface area (Å²) in [5.74, 6) is 0.394. The lowest BCUT2D eigenvalue weighted by molar-refractivity contribution is 0.0961. The van der Waals surface area contributed by atoms with Crippen LogP contribution in [0.4, 0.5) is 0 Å². The molecule has 2 aromatic carbocycles. The molecule has 0 amide bonds. The molecule has 0 N–H and O–H groups in total. The molecule has 0 bridgehead atoms. The van der Waals surface area contributed by atoms with E-state index in [1.54, 1.807) is 30.1 Å². The zero-order valence-electron chi connectivity index (χ0n) is 15.7. The normalized spacial score (nSPS) is 11.3. The van der Waals surface area contributed by atoms with Crippen molar-refractivity contribution >= 4 is 27.5 Å². The summed E-state index contributed by atoms with van der Waals surface area (Å²) >= 11 is 1.13. The Balaban J connectivity index is 1.88. The highest BCUT2D eigenvalue weighted by molar-refractivity contribution is 7.15. The number of ether oxygens (including phenoxy) is 1. The molecule has 0 spiro atoms. The molecule has 0 unspecified atom stereocenters. The molecule has 0 atom stereocenters. The SMILES string of the molecule is COc1cc(C(C)C)c2c(=O)n(C(=O)c3ccnn3-c3ccccc3)sc2c1. The fourth-order valence-electron chi connectivity index (χ4n) is 3.20. The van der Waals surface area contributed by atoms with Gasteiger partial charge in [-0.3, -0.25) is 9.59 Å². The van der Waals surface area contributed by atoms with Crippen molar-refractivity contribution in [1.82, 2.24) is 13.7 Å². The second-order valence-corrected chi connectivity index (χ2v) is 7.69. The van der Waals surface area contributed by atoms with E-state index in [1.165, 1.54) is 3.96 Å². The van der Waals surface area contributed by atoms with Gasteiger partial charge in [0.05, 0.1) is 29.1 Å². The van der Waals surface area contributed by atoms with Gasteiger partial charge in [-0.05, 0) is 53.3 Å². The lowest BCUT2D eigenvalue weighted by Gasteiger charge is -2.08. The Kier molecular flexibility index (Phi) is 4.60. The molecule has 0 saturated carbocycles. The smallest absolute Gasteiger partial charge is 0.293 e. The maximum atomic E-state index is 13.2. The average Bonchev–Trinajstić information content (AvgIpc) is 3.32. The van der Waals surface area contributed by atoms with Gasteiger partial charge in [0.1, 0.15) is 11.4 Å². The number of carbonyl (C=O) groups is 1. The predicted molar refractivity (Wildman–Crippen MR) is 110 cm³/mol. The monoisotopic (exact) mass is 393 g/mol. The third-order valence-electron chi connectivity index (χ3n) is 4.60. The van der Waals surface area contributed by atoms with Gasteiger partial charge in [0.15, 0.2) is 0 Å². The highest BCUT2D eigenvalue weighted by Crippen LogP contribution is 2.31. The van der Waals surface area contributed by atoms with Crippen LogP contribution < -0.4 is 10.3 Å². The molecule has 0 saturated heterocycles. The highest BCUT2D eigenvalue weighted by atomic mass is 32.1. The van der Waals surface area contributed by atoms with E-state index in [-0.39, 0.29) is 11.5 Å². The minimum absolute atomic E-state index is 0.123. The maximum Gasteiger partial charge on any atom is 0.293 e. The number of benzene rings is 2. The van der Waals surface area contributed by atoms with Gasteiger partial charge in [-0.15, -0.1) is 0 Å². The van der Waals surface area contributed by atoms with Crippen molar-refractivity contribution in [2.45, 2.75) is 19.8 Å². The van der Waals surface area contributed by atoms with Crippen molar-refractivity contribution in [2.75, 3.05) is 7.11 Å². The summed E-state index contributed by atoms with van der Waals surface area (Å²) < 4.78 is 8.84. The van der Waals surface area contributed by atoms with Crippen molar-refractivity contribution in [2.24, 2.45) is 0 Å². The summed E-state index contributed by atoms with van der Waals surface area (Å²) in [6.45, 7) is 4.03. The van der Waals surface area contributed by atoms with E-state index in [0.29, 0.717) is 16.8 Å². The molecule has 0 fully saturated rings. The summed E-state index contributed by atoms with van der Waals surface area (Å²) in [6.07, 6.45) is 1.56. The highest BCUT2D eigenvalue weighted by Gasteiger charge is 2.23. The Morgan fingerprint density at radius 3 is 2.57 bits per heavy atom. The molecule has 6 nitrogen and oxygen atoms in total. The van der Waals surface area contributed by atoms with Crippen LogP contribution >= 0.6 is 11.5 Å². The summed E-state index contributed by atoms with van der Waals surface area (Å²) in [5.41, 5.74) is 1.66. The van der Waals surface area contributed by atoms with E-state index in [0.717, 1.165) is 27.5 Å². The largest absolute Gasteiger partial charge is 0.497 e. The zero-order chi connectivity index (χ0) is 19.8. The number of rotatable bonds is 4. The van der Waals surface area contributed by atoms with Crippen molar-refractivity contribution in [3.05, 3.63) is 76.3 Å². The second-order valence-electron chi connectivity index (χ2n) is 6.70. The lowest BCUT2D eigenvalue weighted by atomic mass is 9.99. The van der Waals surface area contributed by atoms with Crippen LogP contribution in [0.3, 0.4) is 0 Å². The Bertz CT molecular complexity index is 1220. The summed E-state index contributed by atoms with van der Waals surface area (Å²) in [7, 11) is 1.59. The lowest BCUT2D eigenvalue weighted by Crippen LogP contribution is -2.24. The van der Waals surface area contributed by atoms with Crippen LogP contribution in [0, 0.1) is 0 Å². The summed E-state index contributed by atoms with van der Waals surface area (Å²) in [4.78, 5) is 26.3. The molecule has 4 rings (SSSR count). The first-order chi connectivity index (χ1) is 13.5. The molecular weight excluding hydrogens is 374 g/mol. The number of methoxy groups -OCH3 is 1. The van der Waals surface area contributed by atoms with Crippen LogP contribution in [0.15, 0.2) is 59.5 Å². The van der Waals surface area contributed by atoms with Crippen LogP contribution in [-0.2, 0) is 0 Å². The predicted octanol–water partition coefficient (Wildman–Crippen LogP) is 4.07. The molecule has 4 aromatic rings. The molecule has 142 valence electrons. The van der Waals surface area contributed by atoms with Crippen molar-refractivity contribution in [1.29, 1.82) is 0 Å². The minimum Gasteiger partial charge on any atom is -0.497 e. The average molecular weight is 393 g/mol. The fourth-order valence-corrected chi connectivity index (χ4v) is 4.22. The maximum absolute atomic E-state index is 13.2. The Labute approximate surface area is 165 Å². The van der Waals surface area contributed by atoms with Crippen molar-refractivity contribution in [3.8, 4) is 11.4 Å². The number of hydrogen-bond donors (Lipinski definition) is 0. The van der Waals surface area contributed by atoms with Gasteiger partial charge in [-0.1, -0.05) is 32.0 Å².